The van der Waals surface area contributed by atoms with E-state index in [0.29, 0.717) is 13.1 Å². The lowest BCUT2D eigenvalue weighted by molar-refractivity contribution is -0.133. The molecule has 0 aliphatic carbocycles. The van der Waals surface area contributed by atoms with Crippen molar-refractivity contribution in [2.24, 2.45) is 0 Å². The van der Waals surface area contributed by atoms with Crippen LogP contribution in [0.5, 0.6) is 0 Å². The number of benzene rings is 2. The summed E-state index contributed by atoms with van der Waals surface area (Å²) in [6, 6.07) is 20.4. The fraction of sp³-hybridized carbons (Fsp3) is 0.370. The minimum atomic E-state index is -0.0995. The van der Waals surface area contributed by atoms with Crippen LogP contribution in [0.15, 0.2) is 60.7 Å². The van der Waals surface area contributed by atoms with Gasteiger partial charge in [0.25, 0.3) is 0 Å². The van der Waals surface area contributed by atoms with Crippen LogP contribution in [0.4, 0.5) is 5.82 Å². The van der Waals surface area contributed by atoms with Gasteiger partial charge in [-0.05, 0) is 24.8 Å². The van der Waals surface area contributed by atoms with Gasteiger partial charge in [-0.2, -0.15) is 0 Å². The highest BCUT2D eigenvalue weighted by Crippen LogP contribution is 2.33. The average Bonchev–Trinajstić information content (AvgIpc) is 3.39. The number of hydrogen-bond acceptors (Lipinski definition) is 4. The number of nitrogens with zero attached hydrogens (tertiary/aromatic N) is 4. The Labute approximate surface area is 190 Å². The monoisotopic (exact) mass is 426 g/mol. The van der Waals surface area contributed by atoms with E-state index < -0.39 is 0 Å². The predicted molar refractivity (Wildman–Crippen MR) is 128 cm³/mol. The largest absolute Gasteiger partial charge is 0.356 e. The molecule has 32 heavy (non-hydrogen) atoms. The molecule has 0 bridgehead atoms. The molecular formula is C27H30N4O. The summed E-state index contributed by atoms with van der Waals surface area (Å²) in [6.45, 7) is 5.44. The maximum Gasteiger partial charge on any atom is 0.230 e. The molecule has 2 aliphatic heterocycles. The van der Waals surface area contributed by atoms with Gasteiger partial charge in [0.2, 0.25) is 5.91 Å². The number of anilines is 1. The van der Waals surface area contributed by atoms with Gasteiger partial charge in [0, 0.05) is 37.2 Å². The third kappa shape index (κ3) is 3.99. The molecule has 3 aromatic rings. The van der Waals surface area contributed by atoms with Crippen molar-refractivity contribution in [1.82, 2.24) is 14.9 Å². The van der Waals surface area contributed by atoms with Gasteiger partial charge in [-0.1, -0.05) is 67.6 Å². The van der Waals surface area contributed by atoms with E-state index in [-0.39, 0.29) is 11.8 Å². The number of fused-ring (bicyclic) bond motifs is 1. The van der Waals surface area contributed by atoms with Crippen molar-refractivity contribution in [3.05, 3.63) is 77.5 Å². The van der Waals surface area contributed by atoms with Gasteiger partial charge < -0.3 is 9.80 Å². The Morgan fingerprint density at radius 1 is 0.938 bits per heavy atom. The molecule has 1 atom stereocenters. The molecule has 5 rings (SSSR count). The van der Waals surface area contributed by atoms with Crippen LogP contribution in [0, 0.1) is 0 Å². The molecule has 2 aliphatic rings. The smallest absolute Gasteiger partial charge is 0.230 e. The second kappa shape index (κ2) is 9.11. The first-order valence-corrected chi connectivity index (χ1v) is 11.8. The van der Waals surface area contributed by atoms with Crippen molar-refractivity contribution >= 4 is 11.7 Å². The SMILES string of the molecule is CC[C@H](C(=O)N1CCc2nc(-c3ccccc3)nc(N3CCCC3)c2C1)c1ccccc1. The Kier molecular flexibility index (Phi) is 5.89. The van der Waals surface area contributed by atoms with Gasteiger partial charge in [0.15, 0.2) is 5.82 Å². The first-order chi connectivity index (χ1) is 15.7. The molecule has 5 heteroatoms. The number of carbonyl (C=O) groups excluding carboxylic acids is 1. The number of carbonyl (C=O) groups is 1. The fourth-order valence-corrected chi connectivity index (χ4v) is 4.95. The molecule has 2 aromatic carbocycles. The molecule has 0 N–H and O–H groups in total. The van der Waals surface area contributed by atoms with Gasteiger partial charge in [-0.15, -0.1) is 0 Å². The topological polar surface area (TPSA) is 49.3 Å². The molecule has 1 aromatic heterocycles. The van der Waals surface area contributed by atoms with Crippen LogP contribution in [-0.4, -0.2) is 40.4 Å². The lowest BCUT2D eigenvalue weighted by Gasteiger charge is -2.34. The van der Waals surface area contributed by atoms with Crippen LogP contribution in [0.1, 0.15) is 48.9 Å². The number of rotatable bonds is 5. The highest BCUT2D eigenvalue weighted by molar-refractivity contribution is 5.84. The molecular weight excluding hydrogens is 396 g/mol. The normalized spacial score (nSPS) is 16.7. The molecule has 5 nitrogen and oxygen atoms in total. The van der Waals surface area contributed by atoms with Gasteiger partial charge in [-0.3, -0.25) is 4.79 Å². The number of aromatic nitrogens is 2. The van der Waals surface area contributed by atoms with E-state index in [9.17, 15) is 4.79 Å². The van der Waals surface area contributed by atoms with E-state index >= 15 is 0 Å². The summed E-state index contributed by atoms with van der Waals surface area (Å²) in [5, 5.41) is 0. The van der Waals surface area contributed by atoms with Gasteiger partial charge in [0.05, 0.1) is 18.2 Å². The summed E-state index contributed by atoms with van der Waals surface area (Å²) in [5.41, 5.74) is 4.37. The molecule has 0 radical (unpaired) electrons. The fourth-order valence-electron chi connectivity index (χ4n) is 4.95. The Morgan fingerprint density at radius 2 is 1.62 bits per heavy atom. The minimum absolute atomic E-state index is 0.0995. The zero-order valence-electron chi connectivity index (χ0n) is 18.7. The van der Waals surface area contributed by atoms with Crippen LogP contribution < -0.4 is 4.90 Å². The third-order valence-corrected chi connectivity index (χ3v) is 6.70. The van der Waals surface area contributed by atoms with E-state index in [1.165, 1.54) is 12.8 Å². The summed E-state index contributed by atoms with van der Waals surface area (Å²) in [4.78, 5) is 27.9. The molecule has 0 spiro atoms. The molecule has 1 saturated heterocycles. The summed E-state index contributed by atoms with van der Waals surface area (Å²) < 4.78 is 0. The Morgan fingerprint density at radius 3 is 2.31 bits per heavy atom. The first kappa shape index (κ1) is 20.7. The summed E-state index contributed by atoms with van der Waals surface area (Å²) in [5.74, 6) is 1.93. The average molecular weight is 427 g/mol. The van der Waals surface area contributed by atoms with Crippen LogP contribution in [0.3, 0.4) is 0 Å². The molecule has 0 saturated carbocycles. The summed E-state index contributed by atoms with van der Waals surface area (Å²) >= 11 is 0. The summed E-state index contributed by atoms with van der Waals surface area (Å²) in [6.07, 6.45) is 3.95. The standard InChI is InChI=1S/C27H30N4O/c1-2-22(20-11-5-3-6-12-20)27(32)31-18-15-24-23(19-31)26(30-16-9-10-17-30)29-25(28-24)21-13-7-4-8-14-21/h3-8,11-14,22H,2,9-10,15-19H2,1H3/t22-/m0/s1. The predicted octanol–water partition coefficient (Wildman–Crippen LogP) is 4.82. The highest BCUT2D eigenvalue weighted by Gasteiger charge is 2.31. The van der Waals surface area contributed by atoms with Crippen LogP contribution in [0.2, 0.25) is 0 Å². The van der Waals surface area contributed by atoms with E-state index in [1.807, 2.05) is 41.3 Å². The van der Waals surface area contributed by atoms with Gasteiger partial charge >= 0.3 is 0 Å². The lowest BCUT2D eigenvalue weighted by Crippen LogP contribution is -2.40. The van der Waals surface area contributed by atoms with E-state index in [4.69, 9.17) is 9.97 Å². The zero-order valence-corrected chi connectivity index (χ0v) is 18.7. The quantitative estimate of drug-likeness (QED) is 0.587. The molecule has 0 unspecified atom stereocenters. The van der Waals surface area contributed by atoms with E-state index in [1.54, 1.807) is 0 Å². The van der Waals surface area contributed by atoms with Crippen LogP contribution >= 0.6 is 0 Å². The van der Waals surface area contributed by atoms with Crippen molar-refractivity contribution in [1.29, 1.82) is 0 Å². The first-order valence-electron chi connectivity index (χ1n) is 11.8. The molecule has 164 valence electrons. The van der Waals surface area contributed by atoms with Crippen molar-refractivity contribution < 1.29 is 4.79 Å². The van der Waals surface area contributed by atoms with Crippen LogP contribution in [-0.2, 0) is 17.8 Å². The molecule has 3 heterocycles. The number of amides is 1. The lowest BCUT2D eigenvalue weighted by atomic mass is 9.93. The van der Waals surface area contributed by atoms with Crippen LogP contribution in [0.25, 0.3) is 11.4 Å². The number of hydrogen-bond donors (Lipinski definition) is 0. The minimum Gasteiger partial charge on any atom is -0.356 e. The highest BCUT2D eigenvalue weighted by atomic mass is 16.2. The Hall–Kier alpha value is -3.21. The Bertz CT molecular complexity index is 1080. The van der Waals surface area contributed by atoms with Gasteiger partial charge in [-0.25, -0.2) is 9.97 Å². The van der Waals surface area contributed by atoms with Gasteiger partial charge in [0.1, 0.15) is 5.82 Å². The third-order valence-electron chi connectivity index (χ3n) is 6.70. The maximum absolute atomic E-state index is 13.5. The Balaban J connectivity index is 1.48. The van der Waals surface area contributed by atoms with E-state index in [0.717, 1.165) is 60.0 Å². The second-order valence-corrected chi connectivity index (χ2v) is 8.74. The zero-order chi connectivity index (χ0) is 21.9. The van der Waals surface area contributed by atoms with Crippen molar-refractivity contribution in [3.63, 3.8) is 0 Å². The van der Waals surface area contributed by atoms with Crippen molar-refractivity contribution in [3.8, 4) is 11.4 Å². The maximum atomic E-state index is 13.5. The van der Waals surface area contributed by atoms with Crippen molar-refractivity contribution in [2.75, 3.05) is 24.5 Å². The molecule has 1 amide bonds. The van der Waals surface area contributed by atoms with E-state index in [2.05, 4.69) is 36.1 Å². The van der Waals surface area contributed by atoms with Crippen molar-refractivity contribution in [2.45, 2.75) is 45.1 Å². The second-order valence-electron chi connectivity index (χ2n) is 8.74. The molecule has 1 fully saturated rings. The summed E-state index contributed by atoms with van der Waals surface area (Å²) in [7, 11) is 0.